The third-order valence-corrected chi connectivity index (χ3v) is 2.98. The summed E-state index contributed by atoms with van der Waals surface area (Å²) in [6.45, 7) is 3.77. The van der Waals surface area contributed by atoms with Crippen LogP contribution in [0.2, 0.25) is 0 Å². The van der Waals surface area contributed by atoms with E-state index in [2.05, 4.69) is 6.92 Å². The molecule has 1 aromatic heterocycles. The summed E-state index contributed by atoms with van der Waals surface area (Å²) in [5.41, 5.74) is 0. The third-order valence-electron chi connectivity index (χ3n) is 2.18. The van der Waals surface area contributed by atoms with Crippen molar-refractivity contribution >= 4 is 20.2 Å². The molecule has 1 heterocycles. The molecule has 0 unspecified atom stereocenters. The second-order valence-electron chi connectivity index (χ2n) is 4.18. The molecule has 0 aliphatic heterocycles. The van der Waals surface area contributed by atoms with Gasteiger partial charge >= 0.3 is 0 Å². The number of nitrogens with zero attached hydrogens (tertiary/aromatic N) is 2. The summed E-state index contributed by atoms with van der Waals surface area (Å²) in [5, 5.41) is 0. The minimum absolute atomic E-state index is 0.151. The Kier molecular flexibility index (Phi) is 7.94. The number of aryl methyl sites for hydroxylation is 2. The molecule has 0 atom stereocenters. The summed E-state index contributed by atoms with van der Waals surface area (Å²) >= 11 is 0. The van der Waals surface area contributed by atoms with Gasteiger partial charge in [-0.3, -0.25) is 4.55 Å². The first-order valence-corrected chi connectivity index (χ1v) is 9.34. The molecule has 8 nitrogen and oxygen atoms in total. The molecule has 1 rings (SSSR count). The molecule has 0 saturated carbocycles. The molecule has 0 radical (unpaired) electrons. The Balaban J connectivity index is 0.000000621. The Morgan fingerprint density at radius 2 is 1.80 bits per heavy atom. The zero-order valence-electron chi connectivity index (χ0n) is 11.5. The van der Waals surface area contributed by atoms with E-state index in [4.69, 9.17) is 17.5 Å². The summed E-state index contributed by atoms with van der Waals surface area (Å²) in [6, 6.07) is 0. The second kappa shape index (κ2) is 8.35. The van der Waals surface area contributed by atoms with E-state index < -0.39 is 20.2 Å². The van der Waals surface area contributed by atoms with Gasteiger partial charge in [0.1, 0.15) is 12.4 Å². The summed E-state index contributed by atoms with van der Waals surface area (Å²) in [7, 11) is -7.71. The highest BCUT2D eigenvalue weighted by atomic mass is 32.2. The minimum Gasteiger partial charge on any atom is -0.748 e. The fourth-order valence-corrected chi connectivity index (χ4v) is 1.91. The zero-order valence-corrected chi connectivity index (χ0v) is 13.1. The van der Waals surface area contributed by atoms with Crippen LogP contribution in [-0.2, 0) is 33.3 Å². The van der Waals surface area contributed by atoms with Crippen molar-refractivity contribution in [1.29, 1.82) is 0 Å². The van der Waals surface area contributed by atoms with Gasteiger partial charge in [-0.25, -0.2) is 17.6 Å². The minimum atomic E-state index is -3.92. The molecule has 10 heteroatoms. The lowest BCUT2D eigenvalue weighted by Crippen LogP contribution is -2.28. The molecule has 0 aliphatic carbocycles. The molecule has 0 aliphatic rings. The van der Waals surface area contributed by atoms with Crippen LogP contribution in [0.25, 0.3) is 0 Å². The van der Waals surface area contributed by atoms with Crippen molar-refractivity contribution in [2.45, 2.75) is 32.9 Å². The van der Waals surface area contributed by atoms with Gasteiger partial charge in [0.05, 0.1) is 29.0 Å². The number of hydrogen-bond acceptors (Lipinski definition) is 5. The van der Waals surface area contributed by atoms with Gasteiger partial charge in [0, 0.05) is 6.26 Å². The van der Waals surface area contributed by atoms with Gasteiger partial charge in [0.2, 0.25) is 6.33 Å². The van der Waals surface area contributed by atoms with Crippen molar-refractivity contribution < 1.29 is 30.5 Å². The fraction of sp³-hybridized carbons (Fsp3) is 0.700. The largest absolute Gasteiger partial charge is 0.748 e. The highest BCUT2D eigenvalue weighted by molar-refractivity contribution is 7.85. The van der Waals surface area contributed by atoms with Gasteiger partial charge in [-0.05, 0) is 19.8 Å². The predicted octanol–water partition coefficient (Wildman–Crippen LogP) is -0.375. The van der Waals surface area contributed by atoms with Crippen LogP contribution in [0.3, 0.4) is 0 Å². The SMILES string of the molecule is CC[n+]1ccn(CCCCS(=O)(=O)O)c1.CS(=O)(=O)[O-]. The Labute approximate surface area is 119 Å². The van der Waals surface area contributed by atoms with Crippen LogP contribution < -0.4 is 4.57 Å². The standard InChI is InChI=1S/C9H16N2O3S.CH4O3S/c1-2-10-6-7-11(9-10)5-3-4-8-15(12,13)14;1-5(2,3)4/h6-7,9H,2-5,8H2,1H3;1H3,(H,2,3,4). The maximum atomic E-state index is 10.4. The number of unbranched alkanes of at least 4 members (excludes halogenated alkanes) is 1. The van der Waals surface area contributed by atoms with E-state index in [0.717, 1.165) is 19.5 Å². The monoisotopic (exact) mass is 328 g/mol. The van der Waals surface area contributed by atoms with Crippen molar-refractivity contribution in [3.05, 3.63) is 18.7 Å². The summed E-state index contributed by atoms with van der Waals surface area (Å²) in [4.78, 5) is 0. The van der Waals surface area contributed by atoms with E-state index >= 15 is 0 Å². The molecule has 20 heavy (non-hydrogen) atoms. The van der Waals surface area contributed by atoms with Crippen LogP contribution in [0.4, 0.5) is 0 Å². The van der Waals surface area contributed by atoms with Crippen LogP contribution in [0, 0.1) is 0 Å². The Bertz CT molecular complexity index is 583. The lowest BCUT2D eigenvalue weighted by atomic mass is 10.3. The van der Waals surface area contributed by atoms with Crippen LogP contribution in [0.1, 0.15) is 19.8 Å². The maximum Gasteiger partial charge on any atom is 0.264 e. The van der Waals surface area contributed by atoms with Crippen LogP contribution in [0.15, 0.2) is 18.7 Å². The normalized spacial score (nSPS) is 11.8. The van der Waals surface area contributed by atoms with E-state index in [9.17, 15) is 8.42 Å². The van der Waals surface area contributed by atoms with Gasteiger partial charge in [-0.2, -0.15) is 8.42 Å². The molecular weight excluding hydrogens is 308 g/mol. The molecule has 1 N–H and O–H groups in total. The summed E-state index contributed by atoms with van der Waals surface area (Å²) in [5.74, 6) is -0.151. The van der Waals surface area contributed by atoms with Gasteiger partial charge in [-0.15, -0.1) is 0 Å². The average Bonchev–Trinajstić information content (AvgIpc) is 2.68. The van der Waals surface area contributed by atoms with Crippen LogP contribution in [0.5, 0.6) is 0 Å². The lowest BCUT2D eigenvalue weighted by molar-refractivity contribution is -0.693. The first-order chi connectivity index (χ1) is 9.01. The molecule has 0 aromatic carbocycles. The van der Waals surface area contributed by atoms with Gasteiger partial charge < -0.3 is 4.55 Å². The molecule has 0 fully saturated rings. The zero-order chi connectivity index (χ0) is 15.8. The molecule has 0 amide bonds. The first-order valence-electron chi connectivity index (χ1n) is 5.92. The van der Waals surface area contributed by atoms with Crippen molar-refractivity contribution in [2.75, 3.05) is 12.0 Å². The van der Waals surface area contributed by atoms with Crippen LogP contribution in [-0.4, -0.2) is 42.5 Å². The molecule has 1 aromatic rings. The van der Waals surface area contributed by atoms with E-state index in [1.165, 1.54) is 0 Å². The van der Waals surface area contributed by atoms with Gasteiger partial charge in [0.25, 0.3) is 10.1 Å². The van der Waals surface area contributed by atoms with E-state index in [1.54, 1.807) is 0 Å². The maximum absolute atomic E-state index is 10.4. The van der Waals surface area contributed by atoms with Gasteiger partial charge in [0.15, 0.2) is 0 Å². The topological polar surface area (TPSA) is 120 Å². The van der Waals surface area contributed by atoms with E-state index in [-0.39, 0.29) is 5.75 Å². The number of imidazole rings is 1. The predicted molar refractivity (Wildman–Crippen MR) is 71.6 cm³/mol. The highest BCUT2D eigenvalue weighted by Gasteiger charge is 2.05. The highest BCUT2D eigenvalue weighted by Crippen LogP contribution is 1.97. The summed E-state index contributed by atoms with van der Waals surface area (Å²) < 4.78 is 60.7. The van der Waals surface area contributed by atoms with Crippen molar-refractivity contribution in [1.82, 2.24) is 4.57 Å². The molecular formula is C10H20N2O6S2. The number of rotatable bonds is 6. The molecule has 0 saturated heterocycles. The van der Waals surface area contributed by atoms with Gasteiger partial charge in [-0.1, -0.05) is 0 Å². The molecule has 118 valence electrons. The number of aromatic nitrogens is 2. The smallest absolute Gasteiger partial charge is 0.264 e. The van der Waals surface area contributed by atoms with Crippen molar-refractivity contribution in [3.63, 3.8) is 0 Å². The van der Waals surface area contributed by atoms with E-state index in [1.807, 2.05) is 27.9 Å². The lowest BCUT2D eigenvalue weighted by Gasteiger charge is -1.96. The molecule has 0 spiro atoms. The summed E-state index contributed by atoms with van der Waals surface area (Å²) in [6.07, 6.45) is 7.75. The Hall–Kier alpha value is -0.970. The van der Waals surface area contributed by atoms with E-state index in [0.29, 0.717) is 12.7 Å². The Morgan fingerprint density at radius 3 is 2.20 bits per heavy atom. The average molecular weight is 328 g/mol. The fourth-order valence-electron chi connectivity index (χ4n) is 1.34. The third kappa shape index (κ3) is 13.5. The second-order valence-corrected chi connectivity index (χ2v) is 7.16. The van der Waals surface area contributed by atoms with Crippen molar-refractivity contribution in [2.24, 2.45) is 0 Å². The quantitative estimate of drug-likeness (QED) is 0.432. The number of hydrogen-bond donors (Lipinski definition) is 1. The molecule has 0 bridgehead atoms. The first kappa shape index (κ1) is 19.0. The van der Waals surface area contributed by atoms with Crippen molar-refractivity contribution in [3.8, 4) is 0 Å². The van der Waals surface area contributed by atoms with Crippen LogP contribution >= 0.6 is 0 Å². The Morgan fingerprint density at radius 1 is 1.25 bits per heavy atom.